The Morgan fingerprint density at radius 3 is 2.27 bits per heavy atom. The first-order valence-electron chi connectivity index (χ1n) is 16.6. The normalized spacial score (nSPS) is 26.1. The number of dihydropyridines is 1. The molecule has 0 radical (unpaired) electrons. The highest BCUT2D eigenvalue weighted by molar-refractivity contribution is 7.85. The van der Waals surface area contributed by atoms with Gasteiger partial charge in [0.15, 0.2) is 0 Å². The molecule has 0 spiro atoms. The van der Waals surface area contributed by atoms with E-state index >= 15 is 0 Å². The zero-order chi connectivity index (χ0) is 34.8. The first kappa shape index (κ1) is 35.6. The number of piperidine rings is 1. The molecular weight excluding hydrogens is 687 g/mol. The third-order valence-electron chi connectivity index (χ3n) is 10.4. The van der Waals surface area contributed by atoms with Crippen LogP contribution in [0.4, 0.5) is 0 Å². The Balaban J connectivity index is 1.33. The van der Waals surface area contributed by atoms with Crippen molar-refractivity contribution in [1.29, 1.82) is 0 Å². The Morgan fingerprint density at radius 1 is 0.939 bits per heavy atom. The molecule has 13 heteroatoms. The van der Waals surface area contributed by atoms with Crippen LogP contribution in [0.3, 0.4) is 0 Å². The summed E-state index contributed by atoms with van der Waals surface area (Å²) in [4.78, 5) is 46.2. The molecule has 2 aromatic carbocycles. The van der Waals surface area contributed by atoms with Gasteiger partial charge in [-0.15, -0.1) is 0 Å². The minimum Gasteiger partial charge on any atom is -0.466 e. The van der Waals surface area contributed by atoms with Crippen LogP contribution in [0.5, 0.6) is 0 Å². The lowest BCUT2D eigenvalue weighted by Gasteiger charge is -2.33. The van der Waals surface area contributed by atoms with Crippen LogP contribution in [0.1, 0.15) is 50.0 Å². The smallest absolute Gasteiger partial charge is 0.336 e. The topological polar surface area (TPSA) is 117 Å². The fraction of sp³-hybridized carbons (Fsp3) is 0.472. The van der Waals surface area contributed by atoms with Crippen molar-refractivity contribution in [3.63, 3.8) is 0 Å². The number of fused-ring (bicyclic) bond motifs is 2. The minimum absolute atomic E-state index is 0.00978. The average molecular weight is 730 g/mol. The molecule has 0 aliphatic carbocycles. The second kappa shape index (κ2) is 15.3. The fourth-order valence-corrected chi connectivity index (χ4v) is 9.69. The van der Waals surface area contributed by atoms with E-state index in [1.165, 1.54) is 33.5 Å². The van der Waals surface area contributed by atoms with Gasteiger partial charge in [-0.1, -0.05) is 53.9 Å². The van der Waals surface area contributed by atoms with E-state index in [1.807, 2.05) is 11.0 Å². The summed E-state index contributed by atoms with van der Waals surface area (Å²) in [5.41, 5.74) is 0.764. The number of esters is 2. The monoisotopic (exact) mass is 728 g/mol. The molecule has 1 amide bonds. The van der Waals surface area contributed by atoms with E-state index in [-0.39, 0.29) is 62.3 Å². The first-order valence-corrected chi connectivity index (χ1v) is 18.7. The number of nitrogens with zero attached hydrogens (tertiary/aromatic N) is 2. The zero-order valence-electron chi connectivity index (χ0n) is 27.9. The molecular formula is C36H42Cl2N4O6S. The number of likely N-dealkylation sites (N-methyl/N-ethyl adjacent to an activating group) is 1. The molecule has 0 aromatic heterocycles. The van der Waals surface area contributed by atoms with Crippen LogP contribution in [0, 0.1) is 0 Å². The molecule has 2 aromatic rings. The van der Waals surface area contributed by atoms with Gasteiger partial charge in [0.1, 0.15) is 0 Å². The lowest BCUT2D eigenvalue weighted by Crippen LogP contribution is -2.48. The van der Waals surface area contributed by atoms with E-state index in [0.29, 0.717) is 36.1 Å². The number of amides is 1. The van der Waals surface area contributed by atoms with Crippen molar-refractivity contribution in [2.75, 3.05) is 40.1 Å². The summed E-state index contributed by atoms with van der Waals surface area (Å²) in [6.45, 7) is 1.12. The standard InChI is InChI=1S/C36H42Cl2N4O6S/c1-41-22-9-7-14-29(41)26(17-22)39-21-15-16-42(19-21)30(43)18-27-32(35(44)47-2)34(31-24(37)12-8-13-25(31)38)33(36(45)48-3)28(40-27)20-49(46)23-10-5-4-6-11-23/h4-6,8,10-13,21-22,26,29,34,39-40H,7,9,14-20H2,1-3H3/t21-,22?,26?,29?,34-,49-/m0/s1. The number of methoxy groups -OCH3 is 2. The summed E-state index contributed by atoms with van der Waals surface area (Å²) >= 11 is 13.4. The lowest BCUT2D eigenvalue weighted by atomic mass is 9.79. The van der Waals surface area contributed by atoms with Gasteiger partial charge >= 0.3 is 11.9 Å². The SMILES string of the molecule is COC(=O)C1=C(CC(=O)N2CC[C@H](NC3CC4CCCC3N4C)C2)NC(C[S@](=O)c2ccccc2)=C(C(=O)OC)[C@H]1c1c(Cl)cccc1Cl. The van der Waals surface area contributed by atoms with E-state index in [4.69, 9.17) is 32.7 Å². The summed E-state index contributed by atoms with van der Waals surface area (Å²) in [6, 6.07) is 15.4. The number of carbonyl (C=O) groups is 3. The predicted molar refractivity (Wildman–Crippen MR) is 188 cm³/mol. The molecule has 6 atom stereocenters. The fourth-order valence-electron chi connectivity index (χ4n) is 7.95. The number of nitrogens with one attached hydrogen (secondary N) is 2. The van der Waals surface area contributed by atoms with Gasteiger partial charge in [-0.3, -0.25) is 13.9 Å². The Kier molecular flexibility index (Phi) is 11.2. The minimum atomic E-state index is -1.61. The largest absolute Gasteiger partial charge is 0.466 e. The quantitative estimate of drug-likeness (QED) is 0.340. The van der Waals surface area contributed by atoms with Crippen LogP contribution in [-0.2, 0) is 34.7 Å². The van der Waals surface area contributed by atoms with Gasteiger partial charge in [0.25, 0.3) is 0 Å². The lowest BCUT2D eigenvalue weighted by molar-refractivity contribution is -0.137. The average Bonchev–Trinajstić information content (AvgIpc) is 3.61. The number of carbonyl (C=O) groups excluding carboxylic acids is 3. The molecule has 262 valence electrons. The summed E-state index contributed by atoms with van der Waals surface area (Å²) in [5.74, 6) is -3.02. The van der Waals surface area contributed by atoms with Crippen molar-refractivity contribution < 1.29 is 28.1 Å². The molecule has 3 saturated heterocycles. The summed E-state index contributed by atoms with van der Waals surface area (Å²) in [6.07, 6.45) is 5.43. The van der Waals surface area contributed by atoms with Gasteiger partial charge in [0, 0.05) is 69.2 Å². The number of ether oxygens (including phenoxy) is 2. The van der Waals surface area contributed by atoms with Crippen LogP contribution >= 0.6 is 23.2 Å². The van der Waals surface area contributed by atoms with Gasteiger partial charge in [-0.25, -0.2) is 9.59 Å². The van der Waals surface area contributed by atoms with Crippen LogP contribution in [0.25, 0.3) is 0 Å². The van der Waals surface area contributed by atoms with Crippen molar-refractivity contribution >= 4 is 51.8 Å². The molecule has 2 bridgehead atoms. The van der Waals surface area contributed by atoms with E-state index in [0.717, 1.165) is 12.8 Å². The summed E-state index contributed by atoms with van der Waals surface area (Å²) in [5, 5.41) is 7.44. The number of halogens is 2. The van der Waals surface area contributed by atoms with Gasteiger partial charge in [-0.2, -0.15) is 0 Å². The van der Waals surface area contributed by atoms with E-state index in [9.17, 15) is 18.6 Å². The van der Waals surface area contributed by atoms with Crippen molar-refractivity contribution in [2.24, 2.45) is 0 Å². The summed E-state index contributed by atoms with van der Waals surface area (Å²) in [7, 11) is 3.07. The molecule has 2 N–H and O–H groups in total. The second-order valence-electron chi connectivity index (χ2n) is 13.1. The van der Waals surface area contributed by atoms with Crippen LogP contribution < -0.4 is 10.6 Å². The third kappa shape index (κ3) is 7.32. The number of benzene rings is 2. The number of likely N-dealkylation sites (tertiary alicyclic amines) is 1. The molecule has 3 fully saturated rings. The Hall–Kier alpha value is -3.22. The highest BCUT2D eigenvalue weighted by Gasteiger charge is 2.44. The van der Waals surface area contributed by atoms with E-state index < -0.39 is 28.7 Å². The van der Waals surface area contributed by atoms with Crippen LogP contribution in [0.2, 0.25) is 10.0 Å². The predicted octanol–water partition coefficient (Wildman–Crippen LogP) is 4.55. The van der Waals surface area contributed by atoms with Gasteiger partial charge < -0.3 is 25.0 Å². The second-order valence-corrected chi connectivity index (χ2v) is 15.4. The highest BCUT2D eigenvalue weighted by Crippen LogP contribution is 2.45. The summed E-state index contributed by atoms with van der Waals surface area (Å²) < 4.78 is 24.1. The zero-order valence-corrected chi connectivity index (χ0v) is 30.2. The Labute approximate surface area is 299 Å². The maximum Gasteiger partial charge on any atom is 0.336 e. The molecule has 4 aliphatic heterocycles. The van der Waals surface area contributed by atoms with Crippen molar-refractivity contribution in [1.82, 2.24) is 20.4 Å². The van der Waals surface area contributed by atoms with Crippen LogP contribution in [-0.4, -0.2) is 96.1 Å². The van der Waals surface area contributed by atoms with Gasteiger partial charge in [-0.05, 0) is 57.0 Å². The molecule has 49 heavy (non-hydrogen) atoms. The van der Waals surface area contributed by atoms with E-state index in [1.54, 1.807) is 42.5 Å². The number of hydrogen-bond acceptors (Lipinski definition) is 9. The van der Waals surface area contributed by atoms with Gasteiger partial charge in [0.05, 0.1) is 54.3 Å². The van der Waals surface area contributed by atoms with E-state index in [2.05, 4.69) is 22.6 Å². The number of hydrogen-bond donors (Lipinski definition) is 2. The highest BCUT2D eigenvalue weighted by atomic mass is 35.5. The molecule has 6 rings (SSSR count). The molecule has 0 saturated carbocycles. The third-order valence-corrected chi connectivity index (χ3v) is 12.4. The Bertz CT molecular complexity index is 1680. The molecule has 4 aliphatic rings. The molecule has 4 heterocycles. The van der Waals surface area contributed by atoms with Crippen LogP contribution in [0.15, 0.2) is 76.0 Å². The Morgan fingerprint density at radius 2 is 1.61 bits per heavy atom. The maximum atomic E-state index is 14.0. The molecule has 10 nitrogen and oxygen atoms in total. The van der Waals surface area contributed by atoms with Crippen molar-refractivity contribution in [2.45, 2.75) is 73.5 Å². The molecule has 3 unspecified atom stereocenters. The maximum absolute atomic E-state index is 14.0. The van der Waals surface area contributed by atoms with Gasteiger partial charge in [0.2, 0.25) is 5.91 Å². The van der Waals surface area contributed by atoms with Crippen molar-refractivity contribution in [3.8, 4) is 0 Å². The number of rotatable bonds is 10. The van der Waals surface area contributed by atoms with Crippen molar-refractivity contribution in [3.05, 3.63) is 86.7 Å². The first-order chi connectivity index (χ1) is 23.6.